The molecule has 0 amide bonds. The second-order valence-electron chi connectivity index (χ2n) is 4.02. The molecule has 2 heteroatoms. The molecule has 1 fully saturated rings. The summed E-state index contributed by atoms with van der Waals surface area (Å²) in [5.74, 6) is 0.00917. The Morgan fingerprint density at radius 2 is 1.92 bits per heavy atom. The van der Waals surface area contributed by atoms with Crippen LogP contribution in [0.5, 0.6) is 0 Å². The van der Waals surface area contributed by atoms with Crippen molar-refractivity contribution in [1.82, 2.24) is 0 Å². The highest BCUT2D eigenvalue weighted by atomic mass is 16.3. The predicted molar refractivity (Wildman–Crippen MR) is 50.1 cm³/mol. The standard InChI is InChI=1S/C11H14O2/c1-11(13)7-9(11)10(12)8-5-3-2-4-6-8/h2-6,9-10,12-13H,7H2,1H3/t9-,10-,11-/m1/s1. The van der Waals surface area contributed by atoms with Crippen molar-refractivity contribution >= 4 is 0 Å². The molecule has 0 radical (unpaired) electrons. The van der Waals surface area contributed by atoms with Crippen LogP contribution in [0.3, 0.4) is 0 Å². The first kappa shape index (κ1) is 8.73. The minimum absolute atomic E-state index is 0.00917. The molecule has 0 unspecified atom stereocenters. The van der Waals surface area contributed by atoms with Crippen LogP contribution in [0.1, 0.15) is 25.0 Å². The molecule has 13 heavy (non-hydrogen) atoms. The summed E-state index contributed by atoms with van der Waals surface area (Å²) < 4.78 is 0. The topological polar surface area (TPSA) is 40.5 Å². The van der Waals surface area contributed by atoms with Gasteiger partial charge in [-0.1, -0.05) is 30.3 Å². The molecule has 0 spiro atoms. The molecule has 1 aliphatic rings. The summed E-state index contributed by atoms with van der Waals surface area (Å²) >= 11 is 0. The van der Waals surface area contributed by atoms with E-state index in [-0.39, 0.29) is 5.92 Å². The van der Waals surface area contributed by atoms with Gasteiger partial charge in [0.15, 0.2) is 0 Å². The van der Waals surface area contributed by atoms with Gasteiger partial charge in [0.25, 0.3) is 0 Å². The third-order valence-corrected chi connectivity index (χ3v) is 2.79. The summed E-state index contributed by atoms with van der Waals surface area (Å²) in [5, 5.41) is 19.4. The fourth-order valence-corrected chi connectivity index (χ4v) is 1.72. The van der Waals surface area contributed by atoms with E-state index in [4.69, 9.17) is 0 Å². The molecule has 2 nitrogen and oxygen atoms in total. The van der Waals surface area contributed by atoms with Crippen LogP contribution in [0.25, 0.3) is 0 Å². The summed E-state index contributed by atoms with van der Waals surface area (Å²) in [7, 11) is 0. The van der Waals surface area contributed by atoms with Crippen molar-refractivity contribution in [3.63, 3.8) is 0 Å². The van der Waals surface area contributed by atoms with E-state index < -0.39 is 11.7 Å². The summed E-state index contributed by atoms with van der Waals surface area (Å²) in [4.78, 5) is 0. The van der Waals surface area contributed by atoms with Crippen LogP contribution >= 0.6 is 0 Å². The fourth-order valence-electron chi connectivity index (χ4n) is 1.72. The zero-order valence-electron chi connectivity index (χ0n) is 7.64. The molecule has 1 aliphatic carbocycles. The number of aliphatic hydroxyl groups excluding tert-OH is 1. The normalized spacial score (nSPS) is 34.2. The van der Waals surface area contributed by atoms with Crippen molar-refractivity contribution < 1.29 is 10.2 Å². The molecule has 0 saturated heterocycles. The van der Waals surface area contributed by atoms with E-state index in [0.717, 1.165) is 5.56 Å². The van der Waals surface area contributed by atoms with E-state index in [9.17, 15) is 10.2 Å². The van der Waals surface area contributed by atoms with Crippen molar-refractivity contribution in [3.05, 3.63) is 35.9 Å². The van der Waals surface area contributed by atoms with Crippen molar-refractivity contribution in [2.75, 3.05) is 0 Å². The molecule has 0 aromatic heterocycles. The maximum atomic E-state index is 9.84. The van der Waals surface area contributed by atoms with E-state index in [2.05, 4.69) is 0 Å². The van der Waals surface area contributed by atoms with Crippen LogP contribution < -0.4 is 0 Å². The first-order valence-electron chi connectivity index (χ1n) is 4.56. The smallest absolute Gasteiger partial charge is 0.0846 e. The highest BCUT2D eigenvalue weighted by Gasteiger charge is 2.52. The van der Waals surface area contributed by atoms with Gasteiger partial charge in [-0.25, -0.2) is 0 Å². The SMILES string of the molecule is C[C@@]1(O)C[C@@H]1[C@H](O)c1ccccc1. The lowest BCUT2D eigenvalue weighted by Crippen LogP contribution is -2.10. The van der Waals surface area contributed by atoms with Crippen molar-refractivity contribution in [2.45, 2.75) is 25.0 Å². The lowest BCUT2D eigenvalue weighted by atomic mass is 10.0. The van der Waals surface area contributed by atoms with Crippen molar-refractivity contribution in [3.8, 4) is 0 Å². The zero-order valence-corrected chi connectivity index (χ0v) is 7.64. The summed E-state index contributed by atoms with van der Waals surface area (Å²) in [6.45, 7) is 1.77. The Labute approximate surface area is 77.8 Å². The number of rotatable bonds is 2. The van der Waals surface area contributed by atoms with Gasteiger partial charge in [0.05, 0.1) is 11.7 Å². The maximum Gasteiger partial charge on any atom is 0.0846 e. The molecular weight excluding hydrogens is 164 g/mol. The Bertz CT molecular complexity index is 292. The highest BCUT2D eigenvalue weighted by Crippen LogP contribution is 2.50. The van der Waals surface area contributed by atoms with Gasteiger partial charge in [0, 0.05) is 5.92 Å². The predicted octanol–water partition coefficient (Wildman–Crippen LogP) is 1.49. The van der Waals surface area contributed by atoms with E-state index in [1.807, 2.05) is 30.3 Å². The van der Waals surface area contributed by atoms with Gasteiger partial charge in [-0.3, -0.25) is 0 Å². The maximum absolute atomic E-state index is 9.84. The van der Waals surface area contributed by atoms with Gasteiger partial charge in [-0.15, -0.1) is 0 Å². The monoisotopic (exact) mass is 178 g/mol. The van der Waals surface area contributed by atoms with Crippen molar-refractivity contribution in [2.24, 2.45) is 5.92 Å². The average molecular weight is 178 g/mol. The lowest BCUT2D eigenvalue weighted by molar-refractivity contribution is 0.0822. The summed E-state index contributed by atoms with van der Waals surface area (Å²) in [6.07, 6.45) is 0.180. The van der Waals surface area contributed by atoms with Crippen molar-refractivity contribution in [1.29, 1.82) is 0 Å². The first-order chi connectivity index (χ1) is 6.11. The third-order valence-electron chi connectivity index (χ3n) is 2.79. The molecule has 1 saturated carbocycles. The van der Waals surface area contributed by atoms with E-state index in [1.54, 1.807) is 6.92 Å². The second-order valence-corrected chi connectivity index (χ2v) is 4.02. The molecular formula is C11H14O2. The molecule has 1 aromatic carbocycles. The van der Waals surface area contributed by atoms with Crippen LogP contribution in [0.2, 0.25) is 0 Å². The lowest BCUT2D eigenvalue weighted by Gasteiger charge is -2.11. The Hall–Kier alpha value is -0.860. The van der Waals surface area contributed by atoms with Gasteiger partial charge in [0.1, 0.15) is 0 Å². The molecule has 2 rings (SSSR count). The van der Waals surface area contributed by atoms with E-state index in [1.165, 1.54) is 0 Å². The molecule has 0 heterocycles. The van der Waals surface area contributed by atoms with Gasteiger partial charge in [0.2, 0.25) is 0 Å². The minimum Gasteiger partial charge on any atom is -0.390 e. The summed E-state index contributed by atoms with van der Waals surface area (Å²) in [6, 6.07) is 9.49. The van der Waals surface area contributed by atoms with Crippen LogP contribution in [-0.4, -0.2) is 15.8 Å². The Kier molecular flexibility index (Phi) is 1.90. The first-order valence-corrected chi connectivity index (χ1v) is 4.56. The molecule has 0 bridgehead atoms. The average Bonchev–Trinajstić information content (AvgIpc) is 2.76. The number of hydrogen-bond donors (Lipinski definition) is 2. The van der Waals surface area contributed by atoms with E-state index in [0.29, 0.717) is 6.42 Å². The van der Waals surface area contributed by atoms with Gasteiger partial charge >= 0.3 is 0 Å². The third kappa shape index (κ3) is 1.60. The van der Waals surface area contributed by atoms with Gasteiger partial charge < -0.3 is 10.2 Å². The number of aliphatic hydroxyl groups is 2. The van der Waals surface area contributed by atoms with Gasteiger partial charge in [-0.05, 0) is 18.9 Å². The highest BCUT2D eigenvalue weighted by molar-refractivity contribution is 5.21. The van der Waals surface area contributed by atoms with Crippen LogP contribution in [0, 0.1) is 5.92 Å². The molecule has 70 valence electrons. The molecule has 1 aromatic rings. The summed E-state index contributed by atoms with van der Waals surface area (Å²) in [5.41, 5.74) is 0.236. The zero-order chi connectivity index (χ0) is 9.47. The minimum atomic E-state index is -0.657. The van der Waals surface area contributed by atoms with Crippen LogP contribution in [0.4, 0.5) is 0 Å². The van der Waals surface area contributed by atoms with E-state index >= 15 is 0 Å². The van der Waals surface area contributed by atoms with Gasteiger partial charge in [-0.2, -0.15) is 0 Å². The Morgan fingerprint density at radius 3 is 2.38 bits per heavy atom. The Morgan fingerprint density at radius 1 is 1.38 bits per heavy atom. The number of hydrogen-bond acceptors (Lipinski definition) is 2. The Balaban J connectivity index is 2.12. The fraction of sp³-hybridized carbons (Fsp3) is 0.455. The number of benzene rings is 1. The second kappa shape index (κ2) is 2.82. The molecule has 3 atom stereocenters. The van der Waals surface area contributed by atoms with Crippen LogP contribution in [0.15, 0.2) is 30.3 Å². The molecule has 2 N–H and O–H groups in total. The van der Waals surface area contributed by atoms with Crippen LogP contribution in [-0.2, 0) is 0 Å². The largest absolute Gasteiger partial charge is 0.390 e. The molecule has 0 aliphatic heterocycles. The quantitative estimate of drug-likeness (QED) is 0.720.